The lowest BCUT2D eigenvalue weighted by atomic mass is 10.1. The quantitative estimate of drug-likeness (QED) is 0.260. The molecule has 0 aromatic heterocycles. The Morgan fingerprint density at radius 1 is 0.722 bits per heavy atom. The van der Waals surface area contributed by atoms with Gasteiger partial charge in [-0.15, -0.1) is 11.8 Å². The van der Waals surface area contributed by atoms with Gasteiger partial charge in [-0.3, -0.25) is 9.59 Å². The summed E-state index contributed by atoms with van der Waals surface area (Å²) in [7, 11) is 3.16. The first kappa shape index (κ1) is 24.9. The first-order chi connectivity index (χ1) is 17.6. The van der Waals surface area contributed by atoms with E-state index < -0.39 is 5.25 Å². The molecule has 4 aromatic carbocycles. The smallest absolute Gasteiger partial charge is 0.255 e. The van der Waals surface area contributed by atoms with Crippen LogP contribution < -0.4 is 20.1 Å². The molecule has 0 aliphatic carbocycles. The van der Waals surface area contributed by atoms with E-state index in [-0.39, 0.29) is 11.8 Å². The van der Waals surface area contributed by atoms with E-state index >= 15 is 0 Å². The molecule has 182 valence electrons. The van der Waals surface area contributed by atoms with Crippen molar-refractivity contribution in [1.29, 1.82) is 0 Å². The largest absolute Gasteiger partial charge is 0.497 e. The van der Waals surface area contributed by atoms with Gasteiger partial charge in [0.15, 0.2) is 0 Å². The van der Waals surface area contributed by atoms with Gasteiger partial charge in [0.25, 0.3) is 5.91 Å². The normalized spacial score (nSPS) is 11.3. The molecule has 0 aliphatic heterocycles. The number of methoxy groups -OCH3 is 2. The third-order valence-corrected chi connectivity index (χ3v) is 6.69. The molecular formula is C29H26N2O4S. The van der Waals surface area contributed by atoms with Gasteiger partial charge in [-0.1, -0.05) is 42.5 Å². The summed E-state index contributed by atoms with van der Waals surface area (Å²) in [5, 5.41) is 5.40. The number of thioether (sulfide) groups is 1. The minimum Gasteiger partial charge on any atom is -0.497 e. The van der Waals surface area contributed by atoms with Crippen molar-refractivity contribution in [2.45, 2.75) is 10.1 Å². The monoisotopic (exact) mass is 498 g/mol. The molecule has 7 heteroatoms. The summed E-state index contributed by atoms with van der Waals surface area (Å²) in [6.45, 7) is 0. The number of benzene rings is 4. The number of carbonyl (C=O) groups excluding carboxylic acids is 2. The van der Waals surface area contributed by atoms with Crippen molar-refractivity contribution in [2.75, 3.05) is 24.9 Å². The maximum Gasteiger partial charge on any atom is 0.255 e. The van der Waals surface area contributed by atoms with Crippen LogP contribution in [0.25, 0.3) is 0 Å². The summed E-state index contributed by atoms with van der Waals surface area (Å²) in [5.41, 5.74) is 2.69. The van der Waals surface area contributed by atoms with Crippen LogP contribution in [0.2, 0.25) is 0 Å². The second-order valence-electron chi connectivity index (χ2n) is 7.81. The van der Waals surface area contributed by atoms with E-state index in [4.69, 9.17) is 9.47 Å². The Hall–Kier alpha value is -4.23. The minimum absolute atomic E-state index is 0.160. The maximum atomic E-state index is 13.3. The third kappa shape index (κ3) is 6.25. The summed E-state index contributed by atoms with van der Waals surface area (Å²) in [5.74, 6) is 0.916. The second-order valence-corrected chi connectivity index (χ2v) is 8.98. The van der Waals surface area contributed by atoms with Crippen LogP contribution in [0, 0.1) is 0 Å². The zero-order chi connectivity index (χ0) is 25.3. The molecule has 2 N–H and O–H groups in total. The number of carbonyl (C=O) groups is 2. The lowest BCUT2D eigenvalue weighted by Gasteiger charge is -2.18. The maximum absolute atomic E-state index is 13.3. The summed E-state index contributed by atoms with van der Waals surface area (Å²) >= 11 is 1.43. The number of ether oxygens (including phenoxy) is 2. The van der Waals surface area contributed by atoms with Crippen LogP contribution in [0.5, 0.6) is 11.5 Å². The predicted octanol–water partition coefficient (Wildman–Crippen LogP) is 6.43. The standard InChI is InChI=1S/C29H26N2O4S/c1-34-23-16-12-21(13-17-23)28(32)30-22-14-18-24(19-15-22)36-27(20-8-4-3-5-9-20)29(33)31-25-10-6-7-11-26(25)35-2/h3-19,27H,1-2H3,(H,30,32)(H,31,33). The van der Waals surface area contributed by atoms with Crippen LogP contribution in [-0.2, 0) is 4.79 Å². The highest BCUT2D eigenvalue weighted by atomic mass is 32.2. The van der Waals surface area contributed by atoms with Crippen LogP contribution in [0.3, 0.4) is 0 Å². The molecule has 0 bridgehead atoms. The van der Waals surface area contributed by atoms with Crippen molar-refractivity contribution in [1.82, 2.24) is 0 Å². The highest BCUT2D eigenvalue weighted by Crippen LogP contribution is 2.37. The van der Waals surface area contributed by atoms with E-state index in [9.17, 15) is 9.59 Å². The molecular weight excluding hydrogens is 472 g/mol. The van der Waals surface area contributed by atoms with Crippen molar-refractivity contribution in [3.63, 3.8) is 0 Å². The van der Waals surface area contributed by atoms with Crippen molar-refractivity contribution in [3.05, 3.63) is 114 Å². The number of para-hydroxylation sites is 2. The molecule has 0 saturated heterocycles. The van der Waals surface area contributed by atoms with E-state index in [1.54, 1.807) is 44.6 Å². The summed E-state index contributed by atoms with van der Waals surface area (Å²) in [6, 6.07) is 31.3. The Bertz CT molecular complexity index is 1310. The van der Waals surface area contributed by atoms with E-state index in [1.165, 1.54) is 11.8 Å². The molecule has 2 amide bonds. The number of anilines is 2. The zero-order valence-electron chi connectivity index (χ0n) is 19.9. The Morgan fingerprint density at radius 3 is 2.06 bits per heavy atom. The molecule has 1 atom stereocenters. The van der Waals surface area contributed by atoms with Gasteiger partial charge < -0.3 is 20.1 Å². The van der Waals surface area contributed by atoms with Gasteiger partial charge in [-0.05, 0) is 66.2 Å². The van der Waals surface area contributed by atoms with Crippen molar-refractivity contribution in [2.24, 2.45) is 0 Å². The van der Waals surface area contributed by atoms with Gasteiger partial charge >= 0.3 is 0 Å². The topological polar surface area (TPSA) is 76.7 Å². The third-order valence-electron chi connectivity index (χ3n) is 5.42. The van der Waals surface area contributed by atoms with E-state index in [2.05, 4.69) is 10.6 Å². The molecule has 0 fully saturated rings. The van der Waals surface area contributed by atoms with Crippen molar-refractivity contribution < 1.29 is 19.1 Å². The highest BCUT2D eigenvalue weighted by Gasteiger charge is 2.23. The summed E-state index contributed by atoms with van der Waals surface area (Å²) in [4.78, 5) is 26.8. The number of amides is 2. The van der Waals surface area contributed by atoms with Crippen molar-refractivity contribution in [3.8, 4) is 11.5 Å². The SMILES string of the molecule is COc1ccc(C(=O)Nc2ccc(SC(C(=O)Nc3ccccc3OC)c3ccccc3)cc2)cc1. The molecule has 36 heavy (non-hydrogen) atoms. The van der Waals surface area contributed by atoms with E-state index in [1.807, 2.05) is 72.8 Å². The molecule has 0 saturated carbocycles. The molecule has 4 rings (SSSR count). The van der Waals surface area contributed by atoms with Gasteiger partial charge in [0, 0.05) is 16.1 Å². The number of nitrogens with one attached hydrogen (secondary N) is 2. The molecule has 6 nitrogen and oxygen atoms in total. The number of rotatable bonds is 9. The van der Waals surface area contributed by atoms with E-state index in [0.717, 1.165) is 10.5 Å². The average Bonchev–Trinajstić information content (AvgIpc) is 2.93. The average molecular weight is 499 g/mol. The number of hydrogen-bond acceptors (Lipinski definition) is 5. The highest BCUT2D eigenvalue weighted by molar-refractivity contribution is 8.00. The fourth-order valence-electron chi connectivity index (χ4n) is 3.55. The fourth-order valence-corrected chi connectivity index (χ4v) is 4.57. The molecule has 0 spiro atoms. The van der Waals surface area contributed by atoms with E-state index in [0.29, 0.717) is 28.4 Å². The van der Waals surface area contributed by atoms with Crippen LogP contribution in [0.15, 0.2) is 108 Å². The Morgan fingerprint density at radius 2 is 1.39 bits per heavy atom. The zero-order valence-corrected chi connectivity index (χ0v) is 20.8. The van der Waals surface area contributed by atoms with Gasteiger partial charge in [0.2, 0.25) is 5.91 Å². The molecule has 0 heterocycles. The Balaban J connectivity index is 1.48. The number of hydrogen-bond donors (Lipinski definition) is 2. The van der Waals surface area contributed by atoms with Crippen LogP contribution in [0.1, 0.15) is 21.2 Å². The molecule has 0 radical (unpaired) electrons. The molecule has 1 unspecified atom stereocenters. The fraction of sp³-hybridized carbons (Fsp3) is 0.103. The lowest BCUT2D eigenvalue weighted by Crippen LogP contribution is -2.19. The first-order valence-corrected chi connectivity index (χ1v) is 12.2. The second kappa shape index (κ2) is 12.0. The lowest BCUT2D eigenvalue weighted by molar-refractivity contribution is -0.115. The van der Waals surface area contributed by atoms with Gasteiger partial charge in [-0.25, -0.2) is 0 Å². The molecule has 4 aromatic rings. The van der Waals surface area contributed by atoms with Gasteiger partial charge in [0.1, 0.15) is 16.7 Å². The Kier molecular flexibility index (Phi) is 8.26. The van der Waals surface area contributed by atoms with Crippen LogP contribution in [-0.4, -0.2) is 26.0 Å². The summed E-state index contributed by atoms with van der Waals surface area (Å²) < 4.78 is 10.5. The first-order valence-electron chi connectivity index (χ1n) is 11.3. The minimum atomic E-state index is -0.490. The predicted molar refractivity (Wildman–Crippen MR) is 144 cm³/mol. The van der Waals surface area contributed by atoms with Gasteiger partial charge in [0.05, 0.1) is 19.9 Å². The summed E-state index contributed by atoms with van der Waals surface area (Å²) in [6.07, 6.45) is 0. The van der Waals surface area contributed by atoms with Gasteiger partial charge in [-0.2, -0.15) is 0 Å². The van der Waals surface area contributed by atoms with Crippen LogP contribution in [0.4, 0.5) is 11.4 Å². The van der Waals surface area contributed by atoms with Crippen molar-refractivity contribution >= 4 is 35.0 Å². The van der Waals surface area contributed by atoms with Crippen LogP contribution >= 0.6 is 11.8 Å². The Labute approximate surface area is 214 Å². The molecule has 0 aliphatic rings.